The van der Waals surface area contributed by atoms with Crippen molar-refractivity contribution in [2.45, 2.75) is 13.0 Å². The maximum Gasteiger partial charge on any atom is 0.411 e. The van der Waals surface area contributed by atoms with E-state index in [1.165, 1.54) is 7.11 Å². The summed E-state index contributed by atoms with van der Waals surface area (Å²) < 4.78 is 4.59. The molecule has 3 N–H and O–H groups in total. The Labute approximate surface area is 145 Å². The first kappa shape index (κ1) is 16.6. The number of rotatable bonds is 2. The number of para-hydroxylation sites is 1. The molecule has 0 spiro atoms. The molecule has 0 unspecified atom stereocenters. The van der Waals surface area contributed by atoms with Gasteiger partial charge in [-0.1, -0.05) is 48.5 Å². The zero-order valence-electron chi connectivity index (χ0n) is 14.0. The SMILES string of the molecule is COC(=O)N/C(C)=C1/Nc2ccccc2[C@@H](c2ccccc2)NC1=O. The topological polar surface area (TPSA) is 79.5 Å². The minimum absolute atomic E-state index is 0.274. The van der Waals surface area contributed by atoms with Crippen molar-refractivity contribution in [2.24, 2.45) is 0 Å². The second-order valence-corrected chi connectivity index (χ2v) is 5.65. The number of amides is 2. The number of methoxy groups -OCH3 is 1. The lowest BCUT2D eigenvalue weighted by Crippen LogP contribution is -2.33. The van der Waals surface area contributed by atoms with E-state index >= 15 is 0 Å². The molecule has 6 heteroatoms. The Morgan fingerprint density at radius 3 is 2.48 bits per heavy atom. The molecule has 1 heterocycles. The van der Waals surface area contributed by atoms with E-state index in [2.05, 4.69) is 20.7 Å². The Morgan fingerprint density at radius 2 is 1.76 bits per heavy atom. The maximum absolute atomic E-state index is 12.8. The molecule has 2 aromatic carbocycles. The van der Waals surface area contributed by atoms with Gasteiger partial charge >= 0.3 is 6.09 Å². The summed E-state index contributed by atoms with van der Waals surface area (Å²) in [6.45, 7) is 1.64. The quantitative estimate of drug-likeness (QED) is 0.736. The van der Waals surface area contributed by atoms with E-state index in [1.54, 1.807) is 6.92 Å². The summed E-state index contributed by atoms with van der Waals surface area (Å²) >= 11 is 0. The summed E-state index contributed by atoms with van der Waals surface area (Å²) in [5.74, 6) is -0.307. The molecule has 1 atom stereocenters. The normalized spacial score (nSPS) is 18.2. The molecule has 6 nitrogen and oxygen atoms in total. The standard InChI is InChI=1S/C19H19N3O3/c1-12(20-19(24)25-2)16-18(23)22-17(13-8-4-3-5-9-13)14-10-6-7-11-15(14)21-16/h3-11,17,21H,1-2H3,(H,20,24)(H,22,23)/b16-12+/t17-/m1/s1. The molecule has 25 heavy (non-hydrogen) atoms. The molecule has 0 aliphatic carbocycles. The van der Waals surface area contributed by atoms with Crippen LogP contribution >= 0.6 is 0 Å². The highest BCUT2D eigenvalue weighted by Gasteiger charge is 2.27. The van der Waals surface area contributed by atoms with Gasteiger partial charge in [-0.15, -0.1) is 0 Å². The van der Waals surface area contributed by atoms with Crippen LogP contribution in [0.5, 0.6) is 0 Å². The lowest BCUT2D eigenvalue weighted by atomic mass is 9.97. The predicted molar refractivity (Wildman–Crippen MR) is 94.7 cm³/mol. The molecule has 128 valence electrons. The van der Waals surface area contributed by atoms with Crippen molar-refractivity contribution in [3.8, 4) is 0 Å². The average Bonchev–Trinajstić information content (AvgIpc) is 2.79. The molecule has 0 fully saturated rings. The number of carbonyl (C=O) groups excluding carboxylic acids is 2. The van der Waals surface area contributed by atoms with Crippen molar-refractivity contribution in [2.75, 3.05) is 12.4 Å². The largest absolute Gasteiger partial charge is 0.453 e. The minimum Gasteiger partial charge on any atom is -0.453 e. The van der Waals surface area contributed by atoms with Crippen LogP contribution in [0.15, 0.2) is 66.0 Å². The zero-order valence-corrected chi connectivity index (χ0v) is 14.0. The summed E-state index contributed by atoms with van der Waals surface area (Å²) in [5.41, 5.74) is 3.38. The van der Waals surface area contributed by atoms with Crippen LogP contribution in [0.25, 0.3) is 0 Å². The number of hydrogen-bond acceptors (Lipinski definition) is 4. The number of alkyl carbamates (subject to hydrolysis) is 1. The van der Waals surface area contributed by atoms with Gasteiger partial charge < -0.3 is 15.4 Å². The van der Waals surface area contributed by atoms with Crippen LogP contribution in [0.4, 0.5) is 10.5 Å². The Bertz CT molecular complexity index is 831. The molecular formula is C19H19N3O3. The van der Waals surface area contributed by atoms with Gasteiger partial charge in [0.1, 0.15) is 5.70 Å². The van der Waals surface area contributed by atoms with Crippen LogP contribution in [-0.2, 0) is 9.53 Å². The molecule has 0 radical (unpaired) electrons. The van der Waals surface area contributed by atoms with E-state index in [0.717, 1.165) is 16.8 Å². The summed E-state index contributed by atoms with van der Waals surface area (Å²) in [7, 11) is 1.27. The van der Waals surface area contributed by atoms with Crippen LogP contribution in [0.1, 0.15) is 24.1 Å². The number of carbonyl (C=O) groups is 2. The van der Waals surface area contributed by atoms with Gasteiger partial charge in [-0.25, -0.2) is 4.79 Å². The number of nitrogens with one attached hydrogen (secondary N) is 3. The highest BCUT2D eigenvalue weighted by Crippen LogP contribution is 2.32. The zero-order chi connectivity index (χ0) is 17.8. The molecule has 2 amide bonds. The molecule has 3 rings (SSSR count). The Morgan fingerprint density at radius 1 is 1.08 bits per heavy atom. The van der Waals surface area contributed by atoms with E-state index in [-0.39, 0.29) is 17.6 Å². The number of allylic oxidation sites excluding steroid dienone is 1. The molecule has 0 bridgehead atoms. The Kier molecular flexibility index (Phi) is 4.70. The molecule has 1 aliphatic heterocycles. The second kappa shape index (κ2) is 7.09. The van der Waals surface area contributed by atoms with Crippen LogP contribution in [0.3, 0.4) is 0 Å². The molecule has 1 aliphatic rings. The summed E-state index contributed by atoms with van der Waals surface area (Å²) in [6.07, 6.45) is -0.628. The van der Waals surface area contributed by atoms with Gasteiger partial charge in [0, 0.05) is 16.9 Å². The van der Waals surface area contributed by atoms with Gasteiger partial charge in [0.2, 0.25) is 0 Å². The molecule has 0 saturated heterocycles. The number of anilines is 1. The van der Waals surface area contributed by atoms with Crippen LogP contribution < -0.4 is 16.0 Å². The first-order valence-electron chi connectivity index (χ1n) is 7.87. The maximum atomic E-state index is 12.8. The smallest absolute Gasteiger partial charge is 0.411 e. The number of ether oxygens (including phenoxy) is 1. The monoisotopic (exact) mass is 337 g/mol. The van der Waals surface area contributed by atoms with Gasteiger partial charge in [-0.3, -0.25) is 10.1 Å². The van der Waals surface area contributed by atoms with E-state index in [1.807, 2.05) is 54.6 Å². The van der Waals surface area contributed by atoms with E-state index in [0.29, 0.717) is 5.70 Å². The third kappa shape index (κ3) is 3.47. The number of hydrogen-bond donors (Lipinski definition) is 3. The van der Waals surface area contributed by atoms with Crippen molar-refractivity contribution in [3.05, 3.63) is 77.1 Å². The van der Waals surface area contributed by atoms with Crippen LogP contribution in [-0.4, -0.2) is 19.1 Å². The van der Waals surface area contributed by atoms with Gasteiger partial charge in [0.25, 0.3) is 5.91 Å². The summed E-state index contributed by atoms with van der Waals surface area (Å²) in [5, 5.41) is 8.70. The van der Waals surface area contributed by atoms with Crippen LogP contribution in [0.2, 0.25) is 0 Å². The third-order valence-electron chi connectivity index (χ3n) is 4.02. The van der Waals surface area contributed by atoms with Crippen molar-refractivity contribution < 1.29 is 14.3 Å². The van der Waals surface area contributed by atoms with Crippen LogP contribution in [0, 0.1) is 0 Å². The van der Waals surface area contributed by atoms with E-state index < -0.39 is 6.09 Å². The molecule has 2 aromatic rings. The van der Waals surface area contributed by atoms with Gasteiger partial charge in [-0.05, 0) is 18.6 Å². The minimum atomic E-state index is -0.628. The molecule has 0 aromatic heterocycles. The number of benzene rings is 2. The number of fused-ring (bicyclic) bond motifs is 1. The predicted octanol–water partition coefficient (Wildman–Crippen LogP) is 2.91. The van der Waals surface area contributed by atoms with E-state index in [9.17, 15) is 9.59 Å². The fourth-order valence-corrected chi connectivity index (χ4v) is 2.77. The van der Waals surface area contributed by atoms with Gasteiger partial charge in [-0.2, -0.15) is 0 Å². The first-order valence-corrected chi connectivity index (χ1v) is 7.87. The first-order chi connectivity index (χ1) is 12.1. The Balaban J connectivity index is 2.05. The lowest BCUT2D eigenvalue weighted by Gasteiger charge is -2.18. The fraction of sp³-hybridized carbons (Fsp3) is 0.158. The molecule has 0 saturated carbocycles. The van der Waals surface area contributed by atoms with Crippen molar-refractivity contribution in [3.63, 3.8) is 0 Å². The van der Waals surface area contributed by atoms with E-state index in [4.69, 9.17) is 0 Å². The third-order valence-corrected chi connectivity index (χ3v) is 4.02. The highest BCUT2D eigenvalue weighted by atomic mass is 16.5. The lowest BCUT2D eigenvalue weighted by molar-refractivity contribution is -0.117. The summed E-state index contributed by atoms with van der Waals surface area (Å²) in [6, 6.07) is 17.1. The van der Waals surface area contributed by atoms with Crippen molar-refractivity contribution in [1.82, 2.24) is 10.6 Å². The van der Waals surface area contributed by atoms with Gasteiger partial charge in [0.05, 0.1) is 13.2 Å². The fourth-order valence-electron chi connectivity index (χ4n) is 2.77. The summed E-state index contributed by atoms with van der Waals surface area (Å²) in [4.78, 5) is 24.2. The second-order valence-electron chi connectivity index (χ2n) is 5.65. The van der Waals surface area contributed by atoms with Crippen molar-refractivity contribution >= 4 is 17.7 Å². The Hall–Kier alpha value is -3.28. The highest BCUT2D eigenvalue weighted by molar-refractivity contribution is 5.99. The van der Waals surface area contributed by atoms with Gasteiger partial charge in [0.15, 0.2) is 0 Å². The van der Waals surface area contributed by atoms with Crippen molar-refractivity contribution in [1.29, 1.82) is 0 Å². The molecular weight excluding hydrogens is 318 g/mol. The average molecular weight is 337 g/mol.